The van der Waals surface area contributed by atoms with Crippen LogP contribution in [0.25, 0.3) is 0 Å². The van der Waals surface area contributed by atoms with Gasteiger partial charge in [0.15, 0.2) is 5.84 Å². The Hall–Kier alpha value is -2.83. The number of rotatable bonds is 5. The second kappa shape index (κ2) is 6.37. The number of amides is 1. The predicted molar refractivity (Wildman–Crippen MR) is 73.6 cm³/mol. The fourth-order valence-electron chi connectivity index (χ4n) is 1.71. The van der Waals surface area contributed by atoms with Gasteiger partial charge in [0.2, 0.25) is 0 Å². The van der Waals surface area contributed by atoms with E-state index in [1.807, 2.05) is 0 Å². The largest absolute Gasteiger partial charge is 0.409 e. The van der Waals surface area contributed by atoms with E-state index < -0.39 is 0 Å². The molecule has 0 atom stereocenters. The molecule has 0 saturated carbocycles. The predicted octanol–water partition coefficient (Wildman–Crippen LogP) is 0.477. The van der Waals surface area contributed by atoms with Gasteiger partial charge in [-0.25, -0.2) is 4.98 Å². The van der Waals surface area contributed by atoms with Crippen molar-refractivity contribution in [3.63, 3.8) is 0 Å². The maximum Gasteiger partial charge on any atom is 0.251 e. The van der Waals surface area contributed by atoms with Crippen LogP contribution in [0.3, 0.4) is 0 Å². The van der Waals surface area contributed by atoms with E-state index in [4.69, 9.17) is 10.9 Å². The van der Waals surface area contributed by atoms with Gasteiger partial charge in [0.1, 0.15) is 0 Å². The number of nitrogens with one attached hydrogen (secondary N) is 2. The molecule has 0 aliphatic rings. The van der Waals surface area contributed by atoms with Crippen molar-refractivity contribution < 1.29 is 10.0 Å². The smallest absolute Gasteiger partial charge is 0.251 e. The van der Waals surface area contributed by atoms with Crippen LogP contribution in [0.5, 0.6) is 0 Å². The van der Waals surface area contributed by atoms with Crippen molar-refractivity contribution in [2.24, 2.45) is 10.9 Å². The van der Waals surface area contributed by atoms with E-state index in [1.165, 1.54) is 0 Å². The van der Waals surface area contributed by atoms with Crippen LogP contribution in [0.15, 0.2) is 41.9 Å². The molecule has 20 heavy (non-hydrogen) atoms. The summed E-state index contributed by atoms with van der Waals surface area (Å²) < 4.78 is 0. The SMILES string of the molecule is NC(=NO)c1cccc(C(=O)NCCc2cnc[nH]2)c1. The second-order valence-electron chi connectivity index (χ2n) is 4.15. The highest BCUT2D eigenvalue weighted by Crippen LogP contribution is 2.05. The molecule has 0 saturated heterocycles. The van der Waals surface area contributed by atoms with Crippen molar-refractivity contribution in [2.75, 3.05) is 6.54 Å². The van der Waals surface area contributed by atoms with Gasteiger partial charge < -0.3 is 21.2 Å². The molecule has 104 valence electrons. The van der Waals surface area contributed by atoms with Crippen molar-refractivity contribution in [2.45, 2.75) is 6.42 Å². The van der Waals surface area contributed by atoms with E-state index in [0.717, 1.165) is 5.69 Å². The number of carbonyl (C=O) groups excluding carboxylic acids is 1. The topological polar surface area (TPSA) is 116 Å². The number of aromatic amines is 1. The van der Waals surface area contributed by atoms with Gasteiger partial charge in [0.05, 0.1) is 6.33 Å². The maximum absolute atomic E-state index is 12.0. The number of aromatic nitrogens is 2. The summed E-state index contributed by atoms with van der Waals surface area (Å²) >= 11 is 0. The Morgan fingerprint density at radius 3 is 2.95 bits per heavy atom. The van der Waals surface area contributed by atoms with Gasteiger partial charge in [-0.3, -0.25) is 4.79 Å². The average Bonchev–Trinajstić information content (AvgIpc) is 2.99. The minimum atomic E-state index is -0.211. The molecule has 0 fully saturated rings. The van der Waals surface area contributed by atoms with Crippen LogP contribution >= 0.6 is 0 Å². The van der Waals surface area contributed by atoms with Crippen LogP contribution in [-0.2, 0) is 6.42 Å². The van der Waals surface area contributed by atoms with Gasteiger partial charge in [-0.1, -0.05) is 17.3 Å². The number of H-pyrrole nitrogens is 1. The zero-order chi connectivity index (χ0) is 14.4. The van der Waals surface area contributed by atoms with E-state index in [1.54, 1.807) is 36.8 Å². The van der Waals surface area contributed by atoms with E-state index in [-0.39, 0.29) is 11.7 Å². The Bertz CT molecular complexity index is 607. The Balaban J connectivity index is 1.95. The van der Waals surface area contributed by atoms with Gasteiger partial charge in [-0.2, -0.15) is 0 Å². The first-order chi connectivity index (χ1) is 9.70. The summed E-state index contributed by atoms with van der Waals surface area (Å²) in [5.41, 5.74) is 7.39. The summed E-state index contributed by atoms with van der Waals surface area (Å²) in [6, 6.07) is 6.58. The van der Waals surface area contributed by atoms with Crippen molar-refractivity contribution in [3.8, 4) is 0 Å². The fourth-order valence-corrected chi connectivity index (χ4v) is 1.71. The second-order valence-corrected chi connectivity index (χ2v) is 4.15. The zero-order valence-electron chi connectivity index (χ0n) is 10.7. The molecule has 2 aromatic rings. The first kappa shape index (κ1) is 13.6. The molecule has 7 heteroatoms. The number of hydrogen-bond acceptors (Lipinski definition) is 4. The third kappa shape index (κ3) is 3.35. The quantitative estimate of drug-likeness (QED) is 0.274. The van der Waals surface area contributed by atoms with Crippen molar-refractivity contribution in [1.82, 2.24) is 15.3 Å². The number of nitrogens with two attached hydrogens (primary N) is 1. The van der Waals surface area contributed by atoms with Gasteiger partial charge in [-0.05, 0) is 12.1 Å². The van der Waals surface area contributed by atoms with Crippen LogP contribution < -0.4 is 11.1 Å². The molecule has 1 amide bonds. The third-order valence-corrected chi connectivity index (χ3v) is 2.76. The number of oxime groups is 1. The van der Waals surface area contributed by atoms with Gasteiger partial charge in [0.25, 0.3) is 5.91 Å². The van der Waals surface area contributed by atoms with Crippen LogP contribution in [0.2, 0.25) is 0 Å². The molecule has 1 aromatic carbocycles. The summed E-state index contributed by atoms with van der Waals surface area (Å²) in [7, 11) is 0. The molecular weight excluding hydrogens is 258 g/mol. The molecule has 0 spiro atoms. The highest BCUT2D eigenvalue weighted by Gasteiger charge is 2.07. The van der Waals surface area contributed by atoms with E-state index in [2.05, 4.69) is 20.4 Å². The molecule has 0 aliphatic heterocycles. The zero-order valence-corrected chi connectivity index (χ0v) is 10.7. The summed E-state index contributed by atoms with van der Waals surface area (Å²) in [5.74, 6) is -0.241. The van der Waals surface area contributed by atoms with Crippen molar-refractivity contribution >= 4 is 11.7 Å². The lowest BCUT2D eigenvalue weighted by molar-refractivity contribution is 0.0954. The lowest BCUT2D eigenvalue weighted by Crippen LogP contribution is -2.26. The number of hydrogen-bond donors (Lipinski definition) is 4. The number of benzene rings is 1. The highest BCUT2D eigenvalue weighted by molar-refractivity contribution is 6.01. The molecule has 0 bridgehead atoms. The Morgan fingerprint density at radius 2 is 2.25 bits per heavy atom. The average molecular weight is 273 g/mol. The van der Waals surface area contributed by atoms with E-state index in [0.29, 0.717) is 24.1 Å². The first-order valence-corrected chi connectivity index (χ1v) is 6.04. The lowest BCUT2D eigenvalue weighted by Gasteiger charge is -2.06. The Morgan fingerprint density at radius 1 is 1.45 bits per heavy atom. The van der Waals surface area contributed by atoms with Crippen molar-refractivity contribution in [1.29, 1.82) is 0 Å². The lowest BCUT2D eigenvalue weighted by atomic mass is 10.1. The van der Waals surface area contributed by atoms with Crippen LogP contribution in [0.1, 0.15) is 21.6 Å². The molecule has 0 aliphatic carbocycles. The fraction of sp³-hybridized carbons (Fsp3) is 0.154. The number of carbonyl (C=O) groups is 1. The maximum atomic E-state index is 12.0. The molecule has 2 rings (SSSR count). The van der Waals surface area contributed by atoms with Crippen LogP contribution in [-0.4, -0.2) is 33.5 Å². The minimum Gasteiger partial charge on any atom is -0.409 e. The summed E-state index contributed by atoms with van der Waals surface area (Å²) in [6.07, 6.45) is 3.98. The monoisotopic (exact) mass is 273 g/mol. The van der Waals surface area contributed by atoms with Crippen LogP contribution in [0.4, 0.5) is 0 Å². The molecule has 5 N–H and O–H groups in total. The normalized spacial score (nSPS) is 11.3. The summed E-state index contributed by atoms with van der Waals surface area (Å²) in [6.45, 7) is 0.495. The molecule has 1 heterocycles. The van der Waals surface area contributed by atoms with E-state index >= 15 is 0 Å². The third-order valence-electron chi connectivity index (χ3n) is 2.76. The highest BCUT2D eigenvalue weighted by atomic mass is 16.4. The summed E-state index contributed by atoms with van der Waals surface area (Å²) in [5, 5.41) is 14.3. The molecule has 1 aromatic heterocycles. The first-order valence-electron chi connectivity index (χ1n) is 6.04. The number of nitrogens with zero attached hydrogens (tertiary/aromatic N) is 2. The van der Waals surface area contributed by atoms with Crippen LogP contribution in [0, 0.1) is 0 Å². The Kier molecular flexibility index (Phi) is 4.33. The van der Waals surface area contributed by atoms with Gasteiger partial charge in [-0.15, -0.1) is 0 Å². The van der Waals surface area contributed by atoms with Gasteiger partial charge >= 0.3 is 0 Å². The Labute approximate surface area is 115 Å². The molecular formula is C13H15N5O2. The van der Waals surface area contributed by atoms with Crippen molar-refractivity contribution in [3.05, 3.63) is 53.6 Å². The number of amidine groups is 1. The van der Waals surface area contributed by atoms with Gasteiger partial charge in [0, 0.05) is 36.0 Å². The summed E-state index contributed by atoms with van der Waals surface area (Å²) in [4.78, 5) is 18.8. The van der Waals surface area contributed by atoms with E-state index in [9.17, 15) is 4.79 Å². The molecule has 0 radical (unpaired) electrons. The molecule has 7 nitrogen and oxygen atoms in total. The number of imidazole rings is 1. The molecule has 0 unspecified atom stereocenters. The standard InChI is InChI=1S/C13H15N5O2/c14-12(18-20)9-2-1-3-10(6-9)13(19)16-5-4-11-7-15-8-17-11/h1-3,6-8,20H,4-5H2,(H2,14,18)(H,15,17)(H,16,19). The minimum absolute atomic E-state index is 0.0305.